The fraction of sp³-hybridized carbons (Fsp3) is 0.571. The fourth-order valence-electron chi connectivity index (χ4n) is 3.34. The van der Waals surface area contributed by atoms with Crippen LogP contribution in [0.4, 0.5) is 11.4 Å². The van der Waals surface area contributed by atoms with Crippen molar-refractivity contribution in [3.05, 3.63) is 18.2 Å². The summed E-state index contributed by atoms with van der Waals surface area (Å²) < 4.78 is 0. The second-order valence-corrected chi connectivity index (χ2v) is 5.37. The largest absolute Gasteiger partial charge is 0.506 e. The Morgan fingerprint density at radius 2 is 2.00 bits per heavy atom. The van der Waals surface area contributed by atoms with Gasteiger partial charge in [0.05, 0.1) is 11.2 Å². The molecule has 2 N–H and O–H groups in total. The molecule has 0 saturated heterocycles. The van der Waals surface area contributed by atoms with Crippen LogP contribution < -0.4 is 10.2 Å². The second-order valence-electron chi connectivity index (χ2n) is 5.37. The molecule has 3 nitrogen and oxygen atoms in total. The maximum absolute atomic E-state index is 9.87. The van der Waals surface area contributed by atoms with Gasteiger partial charge in [-0.1, -0.05) is 25.3 Å². The van der Waals surface area contributed by atoms with Crippen molar-refractivity contribution in [2.24, 2.45) is 0 Å². The van der Waals surface area contributed by atoms with Crippen LogP contribution in [0.5, 0.6) is 5.75 Å². The first kappa shape index (κ1) is 10.8. The zero-order chi connectivity index (χ0) is 11.9. The number of phenols is 1. The molecule has 0 bridgehead atoms. The minimum atomic E-state index is 0.263. The lowest BCUT2D eigenvalue weighted by molar-refractivity contribution is 0.293. The molecule has 3 rings (SSSR count). The summed E-state index contributed by atoms with van der Waals surface area (Å²) >= 11 is 0. The molecule has 0 atom stereocenters. The highest BCUT2D eigenvalue weighted by molar-refractivity contribution is 5.79. The minimum Gasteiger partial charge on any atom is -0.506 e. The minimum absolute atomic E-state index is 0.263. The van der Waals surface area contributed by atoms with E-state index >= 15 is 0 Å². The van der Waals surface area contributed by atoms with Crippen LogP contribution in [0, 0.1) is 0 Å². The number of hydrogen-bond donors (Lipinski definition) is 2. The van der Waals surface area contributed by atoms with Crippen LogP contribution in [-0.2, 0) is 0 Å². The van der Waals surface area contributed by atoms with Crippen molar-refractivity contribution >= 4 is 11.4 Å². The van der Waals surface area contributed by atoms with E-state index < -0.39 is 0 Å². The van der Waals surface area contributed by atoms with Crippen molar-refractivity contribution in [3.8, 4) is 5.75 Å². The van der Waals surface area contributed by atoms with E-state index in [1.54, 1.807) is 6.07 Å². The number of para-hydroxylation sites is 1. The standard InChI is InChI=1S/C14H20N2O/c1-16-11-6-5-7-12(17)13(11)15-10-14(16)8-3-2-4-9-14/h5-7,15,17H,2-4,8-10H2,1H3. The Bertz CT molecular complexity index is 424. The number of nitrogens with one attached hydrogen (secondary N) is 1. The fourth-order valence-corrected chi connectivity index (χ4v) is 3.34. The number of nitrogens with zero attached hydrogens (tertiary/aromatic N) is 1. The Labute approximate surface area is 102 Å². The Morgan fingerprint density at radius 3 is 2.76 bits per heavy atom. The highest BCUT2D eigenvalue weighted by atomic mass is 16.3. The number of fused-ring (bicyclic) bond motifs is 1. The van der Waals surface area contributed by atoms with E-state index in [9.17, 15) is 5.11 Å². The van der Waals surface area contributed by atoms with Crippen LogP contribution in [0.25, 0.3) is 0 Å². The normalized spacial score (nSPS) is 22.1. The average Bonchev–Trinajstić information content (AvgIpc) is 2.36. The smallest absolute Gasteiger partial charge is 0.140 e. The van der Waals surface area contributed by atoms with Gasteiger partial charge in [-0.25, -0.2) is 0 Å². The second kappa shape index (κ2) is 3.83. The molecule has 1 aromatic carbocycles. The Balaban J connectivity index is 2.00. The molecular weight excluding hydrogens is 212 g/mol. The van der Waals surface area contributed by atoms with Gasteiger partial charge in [0.15, 0.2) is 0 Å². The van der Waals surface area contributed by atoms with Crippen LogP contribution in [0.2, 0.25) is 0 Å². The van der Waals surface area contributed by atoms with Crippen molar-refractivity contribution < 1.29 is 5.11 Å². The summed E-state index contributed by atoms with van der Waals surface area (Å²) in [6.07, 6.45) is 6.51. The SMILES string of the molecule is CN1c2cccc(O)c2NCC12CCCCC2. The maximum atomic E-state index is 9.87. The summed E-state index contributed by atoms with van der Waals surface area (Å²) in [4.78, 5) is 2.39. The van der Waals surface area contributed by atoms with E-state index in [1.165, 1.54) is 32.1 Å². The van der Waals surface area contributed by atoms with Gasteiger partial charge in [0.25, 0.3) is 0 Å². The van der Waals surface area contributed by atoms with Crippen molar-refractivity contribution in [1.82, 2.24) is 0 Å². The van der Waals surface area contributed by atoms with E-state index in [1.807, 2.05) is 6.07 Å². The van der Waals surface area contributed by atoms with Gasteiger partial charge < -0.3 is 15.3 Å². The van der Waals surface area contributed by atoms with Crippen molar-refractivity contribution in [2.75, 3.05) is 23.8 Å². The van der Waals surface area contributed by atoms with Gasteiger partial charge in [-0.15, -0.1) is 0 Å². The topological polar surface area (TPSA) is 35.5 Å². The van der Waals surface area contributed by atoms with Crippen molar-refractivity contribution in [3.63, 3.8) is 0 Å². The summed E-state index contributed by atoms with van der Waals surface area (Å²) in [7, 11) is 2.17. The highest BCUT2D eigenvalue weighted by Gasteiger charge is 2.40. The molecule has 0 amide bonds. The molecule has 1 aromatic rings. The molecule has 0 radical (unpaired) electrons. The molecule has 2 aliphatic rings. The van der Waals surface area contributed by atoms with E-state index in [-0.39, 0.29) is 5.54 Å². The molecule has 3 heteroatoms. The van der Waals surface area contributed by atoms with E-state index in [2.05, 4.69) is 23.3 Å². The Kier molecular flexibility index (Phi) is 2.42. The lowest BCUT2D eigenvalue weighted by atomic mass is 9.79. The molecule has 92 valence electrons. The average molecular weight is 232 g/mol. The molecule has 1 heterocycles. The molecule has 0 unspecified atom stereocenters. The predicted octanol–water partition coefficient (Wildman–Crippen LogP) is 2.96. The molecular formula is C14H20N2O. The van der Waals surface area contributed by atoms with E-state index in [0.29, 0.717) is 5.75 Å². The van der Waals surface area contributed by atoms with Gasteiger partial charge in [-0.05, 0) is 25.0 Å². The molecule has 1 aliphatic heterocycles. The molecule has 1 fully saturated rings. The van der Waals surface area contributed by atoms with Crippen molar-refractivity contribution in [2.45, 2.75) is 37.6 Å². The molecule has 1 saturated carbocycles. The van der Waals surface area contributed by atoms with Crippen LogP contribution >= 0.6 is 0 Å². The van der Waals surface area contributed by atoms with E-state index in [0.717, 1.165) is 17.9 Å². The van der Waals surface area contributed by atoms with Gasteiger partial charge >= 0.3 is 0 Å². The number of rotatable bonds is 0. The number of aromatic hydroxyl groups is 1. The maximum Gasteiger partial charge on any atom is 0.140 e. The first-order valence-corrected chi connectivity index (χ1v) is 6.53. The summed E-state index contributed by atoms with van der Waals surface area (Å²) in [5.74, 6) is 0.361. The van der Waals surface area contributed by atoms with Gasteiger partial charge in [0.2, 0.25) is 0 Å². The number of benzene rings is 1. The quantitative estimate of drug-likeness (QED) is 0.675. The van der Waals surface area contributed by atoms with Gasteiger partial charge in [-0.2, -0.15) is 0 Å². The Morgan fingerprint density at radius 1 is 1.24 bits per heavy atom. The number of likely N-dealkylation sites (N-methyl/N-ethyl adjacent to an activating group) is 1. The van der Waals surface area contributed by atoms with Crippen LogP contribution in [0.15, 0.2) is 18.2 Å². The summed E-state index contributed by atoms with van der Waals surface area (Å²) in [6, 6.07) is 5.77. The third-order valence-corrected chi connectivity index (χ3v) is 4.47. The van der Waals surface area contributed by atoms with Crippen LogP contribution in [0.1, 0.15) is 32.1 Å². The zero-order valence-electron chi connectivity index (χ0n) is 10.4. The first-order valence-electron chi connectivity index (χ1n) is 6.53. The number of anilines is 2. The van der Waals surface area contributed by atoms with Crippen LogP contribution in [0.3, 0.4) is 0 Å². The summed E-state index contributed by atoms with van der Waals surface area (Å²) in [5, 5.41) is 13.3. The first-order chi connectivity index (χ1) is 8.23. The lowest BCUT2D eigenvalue weighted by Gasteiger charge is -2.50. The van der Waals surface area contributed by atoms with Gasteiger partial charge in [-0.3, -0.25) is 0 Å². The zero-order valence-corrected chi connectivity index (χ0v) is 10.4. The molecule has 1 aliphatic carbocycles. The van der Waals surface area contributed by atoms with Crippen LogP contribution in [-0.4, -0.2) is 24.2 Å². The lowest BCUT2D eigenvalue weighted by Crippen LogP contribution is -2.55. The van der Waals surface area contributed by atoms with Gasteiger partial charge in [0.1, 0.15) is 11.4 Å². The number of hydrogen-bond acceptors (Lipinski definition) is 3. The van der Waals surface area contributed by atoms with E-state index in [4.69, 9.17) is 0 Å². The van der Waals surface area contributed by atoms with Gasteiger partial charge in [0, 0.05) is 13.6 Å². The summed E-state index contributed by atoms with van der Waals surface area (Å²) in [5.41, 5.74) is 2.29. The van der Waals surface area contributed by atoms with Crippen molar-refractivity contribution in [1.29, 1.82) is 0 Å². The molecule has 1 spiro atoms. The summed E-state index contributed by atoms with van der Waals surface area (Å²) in [6.45, 7) is 0.952. The molecule has 17 heavy (non-hydrogen) atoms. The third kappa shape index (κ3) is 1.56. The monoisotopic (exact) mass is 232 g/mol. The highest BCUT2D eigenvalue weighted by Crippen LogP contribution is 2.45. The number of phenolic OH excluding ortho intramolecular Hbond substituents is 1. The molecule has 0 aromatic heterocycles. The predicted molar refractivity (Wildman–Crippen MR) is 70.8 cm³/mol. The third-order valence-electron chi connectivity index (χ3n) is 4.47. The Hall–Kier alpha value is -1.38.